The number of hydrogen-bond donors (Lipinski definition) is 3. The molecule has 1 fully saturated rings. The van der Waals surface area contributed by atoms with Gasteiger partial charge < -0.3 is 20.7 Å². The summed E-state index contributed by atoms with van der Waals surface area (Å²) < 4.78 is 5.41. The molecular formula is C15H21N3O3. The van der Waals surface area contributed by atoms with Gasteiger partial charge in [-0.05, 0) is 31.9 Å². The first-order valence-electron chi connectivity index (χ1n) is 7.17. The van der Waals surface area contributed by atoms with E-state index in [9.17, 15) is 9.59 Å². The third-order valence-electron chi connectivity index (χ3n) is 3.30. The number of nitrogens with one attached hydrogen (secondary N) is 3. The molecule has 0 aromatic heterocycles. The van der Waals surface area contributed by atoms with Crippen molar-refractivity contribution in [2.45, 2.75) is 31.9 Å². The summed E-state index contributed by atoms with van der Waals surface area (Å²) in [6.07, 6.45) is 2.08. The average molecular weight is 291 g/mol. The quantitative estimate of drug-likeness (QED) is 0.769. The van der Waals surface area contributed by atoms with Crippen LogP contribution in [-0.4, -0.2) is 37.2 Å². The first kappa shape index (κ1) is 15.3. The Hall–Kier alpha value is -2.08. The monoisotopic (exact) mass is 291 g/mol. The van der Waals surface area contributed by atoms with Gasteiger partial charge in [-0.1, -0.05) is 18.2 Å². The molecule has 6 nitrogen and oxygen atoms in total. The topological polar surface area (TPSA) is 79.5 Å². The van der Waals surface area contributed by atoms with Crippen LogP contribution in [0.25, 0.3) is 0 Å². The Morgan fingerprint density at radius 1 is 1.33 bits per heavy atom. The van der Waals surface area contributed by atoms with Crippen LogP contribution >= 0.6 is 0 Å². The van der Waals surface area contributed by atoms with Gasteiger partial charge >= 0.3 is 6.03 Å². The van der Waals surface area contributed by atoms with E-state index >= 15 is 0 Å². The predicted molar refractivity (Wildman–Crippen MR) is 80.0 cm³/mol. The molecule has 114 valence electrons. The number of hydrogen-bond acceptors (Lipinski definition) is 3. The van der Waals surface area contributed by atoms with Crippen LogP contribution in [0.1, 0.15) is 19.8 Å². The highest BCUT2D eigenvalue weighted by Gasteiger charge is 2.18. The van der Waals surface area contributed by atoms with E-state index in [2.05, 4.69) is 16.0 Å². The van der Waals surface area contributed by atoms with Gasteiger partial charge in [0.05, 0.1) is 6.10 Å². The van der Waals surface area contributed by atoms with Crippen LogP contribution in [0.15, 0.2) is 30.3 Å². The lowest BCUT2D eigenvalue weighted by Gasteiger charge is -2.16. The molecule has 0 saturated carbocycles. The molecule has 2 atom stereocenters. The van der Waals surface area contributed by atoms with Gasteiger partial charge in [0.25, 0.3) is 0 Å². The van der Waals surface area contributed by atoms with E-state index in [-0.39, 0.29) is 18.0 Å². The van der Waals surface area contributed by atoms with E-state index in [4.69, 9.17) is 4.74 Å². The SMILES string of the molecule is CC(NC(=O)NCC1CCCO1)C(=O)Nc1ccccc1. The number of ether oxygens (including phenoxy) is 1. The lowest BCUT2D eigenvalue weighted by Crippen LogP contribution is -2.47. The van der Waals surface area contributed by atoms with Gasteiger partial charge in [-0.2, -0.15) is 0 Å². The molecule has 0 spiro atoms. The summed E-state index contributed by atoms with van der Waals surface area (Å²) >= 11 is 0. The molecule has 1 aromatic carbocycles. The lowest BCUT2D eigenvalue weighted by atomic mass is 10.2. The van der Waals surface area contributed by atoms with Gasteiger partial charge in [0.2, 0.25) is 5.91 Å². The predicted octanol–water partition coefficient (Wildman–Crippen LogP) is 1.49. The molecule has 0 bridgehead atoms. The first-order chi connectivity index (χ1) is 10.1. The maximum atomic E-state index is 11.9. The summed E-state index contributed by atoms with van der Waals surface area (Å²) in [5.41, 5.74) is 0.705. The Bertz CT molecular complexity index is 472. The van der Waals surface area contributed by atoms with Crippen molar-refractivity contribution < 1.29 is 14.3 Å². The molecule has 2 unspecified atom stereocenters. The van der Waals surface area contributed by atoms with E-state index in [0.29, 0.717) is 12.2 Å². The highest BCUT2D eigenvalue weighted by Crippen LogP contribution is 2.10. The molecular weight excluding hydrogens is 270 g/mol. The molecule has 2 rings (SSSR count). The lowest BCUT2D eigenvalue weighted by molar-refractivity contribution is -0.117. The number of rotatable bonds is 5. The molecule has 1 saturated heterocycles. The van der Waals surface area contributed by atoms with Crippen LogP contribution in [0.4, 0.5) is 10.5 Å². The summed E-state index contributed by atoms with van der Waals surface area (Å²) in [6.45, 7) is 2.87. The van der Waals surface area contributed by atoms with Crippen molar-refractivity contribution in [3.05, 3.63) is 30.3 Å². The normalized spacial score (nSPS) is 18.8. The van der Waals surface area contributed by atoms with Crippen LogP contribution in [0, 0.1) is 0 Å². The zero-order valence-electron chi connectivity index (χ0n) is 12.1. The summed E-state index contributed by atoms with van der Waals surface area (Å²) in [7, 11) is 0. The number of anilines is 1. The molecule has 6 heteroatoms. The molecule has 3 amide bonds. The largest absolute Gasteiger partial charge is 0.376 e. The average Bonchev–Trinajstić information content (AvgIpc) is 2.99. The van der Waals surface area contributed by atoms with E-state index in [1.807, 2.05) is 18.2 Å². The molecule has 0 aliphatic carbocycles. The Morgan fingerprint density at radius 3 is 2.76 bits per heavy atom. The van der Waals surface area contributed by atoms with Crippen molar-refractivity contribution >= 4 is 17.6 Å². The smallest absolute Gasteiger partial charge is 0.315 e. The fourth-order valence-electron chi connectivity index (χ4n) is 2.10. The fraction of sp³-hybridized carbons (Fsp3) is 0.467. The van der Waals surface area contributed by atoms with Gasteiger partial charge in [0, 0.05) is 18.8 Å². The third kappa shape index (κ3) is 5.07. The second-order valence-electron chi connectivity index (χ2n) is 5.07. The Kier molecular flexibility index (Phi) is 5.57. The van der Waals surface area contributed by atoms with Crippen LogP contribution in [0.3, 0.4) is 0 Å². The Morgan fingerprint density at radius 2 is 2.10 bits per heavy atom. The van der Waals surface area contributed by atoms with Crippen molar-refractivity contribution in [2.75, 3.05) is 18.5 Å². The summed E-state index contributed by atoms with van der Waals surface area (Å²) in [6, 6.07) is 8.15. The standard InChI is InChI=1S/C15H21N3O3/c1-11(14(19)18-12-6-3-2-4-7-12)17-15(20)16-10-13-8-5-9-21-13/h2-4,6-7,11,13H,5,8-10H2,1H3,(H,18,19)(H2,16,17,20). The molecule has 1 aliphatic heterocycles. The summed E-state index contributed by atoms with van der Waals surface area (Å²) in [5, 5.41) is 8.06. The van der Waals surface area contributed by atoms with Gasteiger partial charge in [0.15, 0.2) is 0 Å². The van der Waals surface area contributed by atoms with Crippen LogP contribution in [0.5, 0.6) is 0 Å². The van der Waals surface area contributed by atoms with E-state index in [1.165, 1.54) is 0 Å². The first-order valence-corrected chi connectivity index (χ1v) is 7.17. The third-order valence-corrected chi connectivity index (χ3v) is 3.30. The number of benzene rings is 1. The zero-order chi connectivity index (χ0) is 15.1. The minimum Gasteiger partial charge on any atom is -0.376 e. The zero-order valence-corrected chi connectivity index (χ0v) is 12.1. The molecule has 1 heterocycles. The highest BCUT2D eigenvalue weighted by molar-refractivity contribution is 5.96. The molecule has 1 aliphatic rings. The molecule has 3 N–H and O–H groups in total. The maximum Gasteiger partial charge on any atom is 0.315 e. The van der Waals surface area contributed by atoms with Gasteiger partial charge in [-0.3, -0.25) is 4.79 Å². The second-order valence-corrected chi connectivity index (χ2v) is 5.07. The van der Waals surface area contributed by atoms with Crippen LogP contribution in [-0.2, 0) is 9.53 Å². The summed E-state index contributed by atoms with van der Waals surface area (Å²) in [5.74, 6) is -0.256. The van der Waals surface area contributed by atoms with Crippen LogP contribution in [0.2, 0.25) is 0 Å². The summed E-state index contributed by atoms with van der Waals surface area (Å²) in [4.78, 5) is 23.6. The van der Waals surface area contributed by atoms with Crippen molar-refractivity contribution in [3.63, 3.8) is 0 Å². The number of carbonyl (C=O) groups is 2. The fourth-order valence-corrected chi connectivity index (χ4v) is 2.10. The van der Waals surface area contributed by atoms with E-state index < -0.39 is 6.04 Å². The van der Waals surface area contributed by atoms with Crippen molar-refractivity contribution in [1.29, 1.82) is 0 Å². The molecule has 0 radical (unpaired) electrons. The Labute approximate surface area is 124 Å². The Balaban J connectivity index is 1.70. The minimum atomic E-state index is -0.616. The van der Waals surface area contributed by atoms with Gasteiger partial charge in [-0.15, -0.1) is 0 Å². The minimum absolute atomic E-state index is 0.0872. The number of urea groups is 1. The molecule has 21 heavy (non-hydrogen) atoms. The van der Waals surface area contributed by atoms with Crippen LogP contribution < -0.4 is 16.0 Å². The number of carbonyl (C=O) groups excluding carboxylic acids is 2. The van der Waals surface area contributed by atoms with Crippen molar-refractivity contribution in [1.82, 2.24) is 10.6 Å². The van der Waals surface area contributed by atoms with Gasteiger partial charge in [-0.25, -0.2) is 4.79 Å². The number of para-hydroxylation sites is 1. The van der Waals surface area contributed by atoms with Crippen molar-refractivity contribution in [2.24, 2.45) is 0 Å². The van der Waals surface area contributed by atoms with E-state index in [1.54, 1.807) is 19.1 Å². The second kappa shape index (κ2) is 7.64. The van der Waals surface area contributed by atoms with Crippen molar-refractivity contribution in [3.8, 4) is 0 Å². The highest BCUT2D eigenvalue weighted by atomic mass is 16.5. The van der Waals surface area contributed by atoms with Gasteiger partial charge in [0.1, 0.15) is 6.04 Å². The maximum absolute atomic E-state index is 11.9. The molecule has 1 aromatic rings. The van der Waals surface area contributed by atoms with E-state index in [0.717, 1.165) is 19.4 Å². The number of amides is 3.